The van der Waals surface area contributed by atoms with Crippen LogP contribution >= 0.6 is 0 Å². The van der Waals surface area contributed by atoms with Crippen LogP contribution in [0.2, 0.25) is 0 Å². The molecule has 2 N–H and O–H groups in total. The van der Waals surface area contributed by atoms with Crippen molar-refractivity contribution < 1.29 is 4.74 Å². The highest BCUT2D eigenvalue weighted by molar-refractivity contribution is 5.46. The van der Waals surface area contributed by atoms with E-state index in [0.29, 0.717) is 30.3 Å². The predicted octanol–water partition coefficient (Wildman–Crippen LogP) is 2.68. The third-order valence-corrected chi connectivity index (χ3v) is 3.11. The Balaban J connectivity index is 1.94. The summed E-state index contributed by atoms with van der Waals surface area (Å²) < 4.78 is 5.71. The lowest BCUT2D eigenvalue weighted by molar-refractivity contribution is 0.318. The Bertz CT molecular complexity index is 662. The topological polar surface area (TPSA) is 84.8 Å². The molecule has 0 fully saturated rings. The minimum absolute atomic E-state index is 0.212. The van der Waals surface area contributed by atoms with Crippen LogP contribution in [0, 0.1) is 11.3 Å². The number of anilines is 1. The second-order valence-corrected chi connectivity index (χ2v) is 5.02. The fourth-order valence-corrected chi connectivity index (χ4v) is 1.86. The molecule has 1 aromatic carbocycles. The van der Waals surface area contributed by atoms with Crippen molar-refractivity contribution >= 4 is 5.82 Å². The molecular weight excluding hydrogens is 264 g/mol. The Morgan fingerprint density at radius 3 is 2.86 bits per heavy atom. The number of hydrogen-bond donors (Lipinski definition) is 1. The fraction of sp³-hybridized carbons (Fsp3) is 0.312. The molecule has 0 atom stereocenters. The minimum atomic E-state index is 0.212. The van der Waals surface area contributed by atoms with Gasteiger partial charge in [-0.05, 0) is 23.6 Å². The molecule has 0 bridgehead atoms. The highest BCUT2D eigenvalue weighted by Crippen LogP contribution is 2.20. The summed E-state index contributed by atoms with van der Waals surface area (Å²) in [6, 6.07) is 9.98. The maximum atomic E-state index is 8.77. The molecule has 0 amide bonds. The maximum Gasteiger partial charge on any atom is 0.145 e. The Labute approximate surface area is 124 Å². The van der Waals surface area contributed by atoms with Crippen molar-refractivity contribution in [3.8, 4) is 11.8 Å². The molecule has 2 rings (SSSR count). The fourth-order valence-electron chi connectivity index (χ4n) is 1.86. The van der Waals surface area contributed by atoms with Crippen molar-refractivity contribution in [1.82, 2.24) is 9.97 Å². The lowest BCUT2D eigenvalue weighted by atomic mass is 10.0. The van der Waals surface area contributed by atoms with Crippen LogP contribution < -0.4 is 10.5 Å². The van der Waals surface area contributed by atoms with Gasteiger partial charge in [0.2, 0.25) is 0 Å². The number of nitrogens with two attached hydrogens (primary N) is 1. The number of nitrogens with zero attached hydrogens (tertiary/aromatic N) is 3. The van der Waals surface area contributed by atoms with E-state index in [-0.39, 0.29) is 5.82 Å². The zero-order valence-corrected chi connectivity index (χ0v) is 12.2. The van der Waals surface area contributed by atoms with Gasteiger partial charge in [0, 0.05) is 6.42 Å². The normalized spacial score (nSPS) is 10.4. The lowest BCUT2D eigenvalue weighted by Crippen LogP contribution is -2.07. The summed E-state index contributed by atoms with van der Waals surface area (Å²) in [6.45, 7) is 4.76. The van der Waals surface area contributed by atoms with Crippen LogP contribution in [0.3, 0.4) is 0 Å². The average molecular weight is 282 g/mol. The SMILES string of the molecule is CC(C)c1cccc(OCCc2ncc(C#N)c(N)n2)c1. The molecule has 0 unspecified atom stereocenters. The second kappa shape index (κ2) is 6.71. The summed E-state index contributed by atoms with van der Waals surface area (Å²) in [5.74, 6) is 2.09. The van der Waals surface area contributed by atoms with E-state index in [0.717, 1.165) is 5.75 Å². The number of aromatic nitrogens is 2. The van der Waals surface area contributed by atoms with Gasteiger partial charge in [0.25, 0.3) is 0 Å². The van der Waals surface area contributed by atoms with Crippen LogP contribution in [0.1, 0.15) is 36.7 Å². The molecule has 0 aliphatic carbocycles. The number of nitrogen functional groups attached to an aromatic ring is 1. The zero-order valence-electron chi connectivity index (χ0n) is 12.2. The van der Waals surface area contributed by atoms with Gasteiger partial charge >= 0.3 is 0 Å². The van der Waals surface area contributed by atoms with Crippen LogP contribution in [-0.4, -0.2) is 16.6 Å². The first-order valence-corrected chi connectivity index (χ1v) is 6.84. The highest BCUT2D eigenvalue weighted by atomic mass is 16.5. The Kier molecular flexibility index (Phi) is 4.72. The summed E-state index contributed by atoms with van der Waals surface area (Å²) in [7, 11) is 0. The summed E-state index contributed by atoms with van der Waals surface area (Å²) in [5, 5.41) is 8.77. The quantitative estimate of drug-likeness (QED) is 0.911. The zero-order chi connectivity index (χ0) is 15.2. The van der Waals surface area contributed by atoms with Gasteiger partial charge in [-0.15, -0.1) is 0 Å². The summed E-state index contributed by atoms with van der Waals surface area (Å²) >= 11 is 0. The molecule has 108 valence electrons. The summed E-state index contributed by atoms with van der Waals surface area (Å²) in [6.07, 6.45) is 1.98. The molecule has 5 heteroatoms. The lowest BCUT2D eigenvalue weighted by Gasteiger charge is -2.09. The third kappa shape index (κ3) is 3.93. The highest BCUT2D eigenvalue weighted by Gasteiger charge is 2.05. The average Bonchev–Trinajstić information content (AvgIpc) is 2.48. The number of hydrogen-bond acceptors (Lipinski definition) is 5. The van der Waals surface area contributed by atoms with Gasteiger partial charge in [-0.1, -0.05) is 26.0 Å². The number of rotatable bonds is 5. The summed E-state index contributed by atoms with van der Waals surface area (Å²) in [4.78, 5) is 8.18. The first kappa shape index (κ1) is 14.8. The van der Waals surface area contributed by atoms with Crippen molar-refractivity contribution in [1.29, 1.82) is 5.26 Å². The van der Waals surface area contributed by atoms with Gasteiger partial charge in [0.05, 0.1) is 12.8 Å². The molecule has 0 radical (unpaired) electrons. The van der Waals surface area contributed by atoms with Crippen molar-refractivity contribution in [2.45, 2.75) is 26.2 Å². The van der Waals surface area contributed by atoms with Crippen LogP contribution in [-0.2, 0) is 6.42 Å². The van der Waals surface area contributed by atoms with Gasteiger partial charge in [0.15, 0.2) is 0 Å². The van der Waals surface area contributed by atoms with Crippen LogP contribution in [0.25, 0.3) is 0 Å². The van der Waals surface area contributed by atoms with E-state index in [1.807, 2.05) is 24.3 Å². The molecule has 0 saturated heterocycles. The molecule has 2 aromatic rings. The van der Waals surface area contributed by atoms with Crippen LogP contribution in [0.4, 0.5) is 5.82 Å². The first-order valence-electron chi connectivity index (χ1n) is 6.84. The molecule has 1 heterocycles. The largest absolute Gasteiger partial charge is 0.493 e. The molecule has 0 aliphatic heterocycles. The van der Waals surface area contributed by atoms with E-state index >= 15 is 0 Å². The van der Waals surface area contributed by atoms with Crippen molar-refractivity contribution in [3.05, 3.63) is 47.4 Å². The van der Waals surface area contributed by atoms with Crippen molar-refractivity contribution in [2.24, 2.45) is 0 Å². The van der Waals surface area contributed by atoms with Gasteiger partial charge < -0.3 is 10.5 Å². The molecule has 0 spiro atoms. The molecule has 0 saturated carbocycles. The van der Waals surface area contributed by atoms with Crippen LogP contribution in [0.15, 0.2) is 30.5 Å². The van der Waals surface area contributed by atoms with E-state index in [1.54, 1.807) is 0 Å². The smallest absolute Gasteiger partial charge is 0.145 e. The van der Waals surface area contributed by atoms with Crippen molar-refractivity contribution in [3.63, 3.8) is 0 Å². The molecule has 1 aromatic heterocycles. The van der Waals surface area contributed by atoms with Crippen molar-refractivity contribution in [2.75, 3.05) is 12.3 Å². The number of nitriles is 1. The number of benzene rings is 1. The molecule has 21 heavy (non-hydrogen) atoms. The minimum Gasteiger partial charge on any atom is -0.493 e. The standard InChI is InChI=1S/C16H18N4O/c1-11(2)12-4-3-5-14(8-12)21-7-6-15-19-10-13(9-17)16(18)20-15/h3-5,8,10-11H,6-7H2,1-2H3,(H2,18,19,20). The monoisotopic (exact) mass is 282 g/mol. The second-order valence-electron chi connectivity index (χ2n) is 5.02. The first-order chi connectivity index (χ1) is 10.1. The van der Waals surface area contributed by atoms with E-state index < -0.39 is 0 Å². The predicted molar refractivity (Wildman–Crippen MR) is 80.9 cm³/mol. The molecule has 5 nitrogen and oxygen atoms in total. The van der Waals surface area contributed by atoms with E-state index in [2.05, 4.69) is 29.9 Å². The Morgan fingerprint density at radius 2 is 2.19 bits per heavy atom. The molecule has 0 aliphatic rings. The van der Waals surface area contributed by atoms with Gasteiger partial charge in [-0.3, -0.25) is 0 Å². The molecular formula is C16H18N4O. The maximum absolute atomic E-state index is 8.77. The number of ether oxygens (including phenoxy) is 1. The Morgan fingerprint density at radius 1 is 1.38 bits per heavy atom. The third-order valence-electron chi connectivity index (χ3n) is 3.11. The van der Waals surface area contributed by atoms with E-state index in [4.69, 9.17) is 15.7 Å². The Hall–Kier alpha value is -2.61. The van der Waals surface area contributed by atoms with E-state index in [9.17, 15) is 0 Å². The summed E-state index contributed by atoms with van der Waals surface area (Å²) in [5.41, 5.74) is 7.19. The van der Waals surface area contributed by atoms with Crippen LogP contribution in [0.5, 0.6) is 5.75 Å². The van der Waals surface area contributed by atoms with E-state index in [1.165, 1.54) is 11.8 Å². The van der Waals surface area contributed by atoms with Gasteiger partial charge in [0.1, 0.15) is 29.0 Å². The van der Waals surface area contributed by atoms with Gasteiger partial charge in [-0.2, -0.15) is 5.26 Å². The van der Waals surface area contributed by atoms with Gasteiger partial charge in [-0.25, -0.2) is 9.97 Å².